The lowest BCUT2D eigenvalue weighted by Crippen LogP contribution is -2.10. The quantitative estimate of drug-likeness (QED) is 0.419. The van der Waals surface area contributed by atoms with Crippen LogP contribution in [-0.4, -0.2) is 18.5 Å². The molecule has 0 bridgehead atoms. The van der Waals surface area contributed by atoms with Crippen LogP contribution in [0.2, 0.25) is 0 Å². The summed E-state index contributed by atoms with van der Waals surface area (Å²) in [5, 5.41) is 8.14. The zero-order valence-corrected chi connectivity index (χ0v) is 6.81. The predicted molar refractivity (Wildman–Crippen MR) is 39.9 cm³/mol. The minimum Gasteiger partial charge on any atom is -0.314 e. The van der Waals surface area contributed by atoms with Gasteiger partial charge < -0.3 is 4.90 Å². The fourth-order valence-electron chi connectivity index (χ4n) is 0.385. The van der Waals surface area contributed by atoms with Gasteiger partial charge in [0.25, 0.3) is 0 Å². The maximum Gasteiger partial charge on any atom is 0.179 e. The van der Waals surface area contributed by atoms with Gasteiger partial charge in [0, 0.05) is 13.6 Å². The number of nitriles is 1. The van der Waals surface area contributed by atoms with Gasteiger partial charge >= 0.3 is 0 Å². The monoisotopic (exact) mass is 128 g/mol. The van der Waals surface area contributed by atoms with E-state index in [1.807, 2.05) is 27.0 Å². The molecule has 0 N–H and O–H groups in total. The predicted octanol–water partition coefficient (Wildman–Crippen LogP) is 1.84. The Morgan fingerprint density at radius 2 is 1.89 bits per heavy atom. The van der Waals surface area contributed by atoms with E-state index < -0.39 is 0 Å². The van der Waals surface area contributed by atoms with Crippen LogP contribution in [0.4, 0.5) is 0 Å². The van der Waals surface area contributed by atoms with Gasteiger partial charge in [0.1, 0.15) is 0 Å². The SMILES string of the molecule is CC.CCCN(C)C#N. The van der Waals surface area contributed by atoms with Crippen LogP contribution in [0, 0.1) is 11.5 Å². The zero-order chi connectivity index (χ0) is 7.70. The Kier molecular flexibility index (Phi) is 12.8. The standard InChI is InChI=1S/C5H10N2.C2H6/c1-3-4-7(2)5-6;1-2/h3-4H2,1-2H3;1-2H3. The summed E-state index contributed by atoms with van der Waals surface area (Å²) in [6.45, 7) is 6.92. The summed E-state index contributed by atoms with van der Waals surface area (Å²) in [5.41, 5.74) is 0. The minimum atomic E-state index is 0.872. The number of rotatable bonds is 2. The van der Waals surface area contributed by atoms with Crippen molar-refractivity contribution in [2.75, 3.05) is 13.6 Å². The van der Waals surface area contributed by atoms with Gasteiger partial charge in [-0.2, -0.15) is 5.26 Å². The van der Waals surface area contributed by atoms with Gasteiger partial charge in [0.05, 0.1) is 0 Å². The third-order valence-corrected chi connectivity index (χ3v) is 0.730. The van der Waals surface area contributed by atoms with Crippen LogP contribution in [0.15, 0.2) is 0 Å². The molecule has 0 aliphatic carbocycles. The van der Waals surface area contributed by atoms with Gasteiger partial charge in [-0.3, -0.25) is 0 Å². The second-order valence-corrected chi connectivity index (χ2v) is 1.52. The Bertz CT molecular complexity index is 73.5. The summed E-state index contributed by atoms with van der Waals surface area (Å²) < 4.78 is 0. The van der Waals surface area contributed by atoms with Crippen LogP contribution < -0.4 is 0 Å². The van der Waals surface area contributed by atoms with E-state index in [4.69, 9.17) is 5.26 Å². The molecule has 9 heavy (non-hydrogen) atoms. The van der Waals surface area contributed by atoms with Crippen LogP contribution in [0.25, 0.3) is 0 Å². The Labute approximate surface area is 58.1 Å². The van der Waals surface area contributed by atoms with Crippen molar-refractivity contribution >= 4 is 0 Å². The third kappa shape index (κ3) is 11.1. The van der Waals surface area contributed by atoms with Gasteiger partial charge in [-0.15, -0.1) is 0 Å². The molecule has 2 nitrogen and oxygen atoms in total. The maximum atomic E-state index is 8.14. The van der Waals surface area contributed by atoms with Crippen molar-refractivity contribution in [2.45, 2.75) is 27.2 Å². The maximum absolute atomic E-state index is 8.14. The van der Waals surface area contributed by atoms with E-state index >= 15 is 0 Å². The summed E-state index contributed by atoms with van der Waals surface area (Å²) in [7, 11) is 1.78. The lowest BCUT2D eigenvalue weighted by Gasteiger charge is -2.02. The van der Waals surface area contributed by atoms with Gasteiger partial charge in [-0.25, -0.2) is 0 Å². The fraction of sp³-hybridized carbons (Fsp3) is 0.857. The molecule has 0 aliphatic heterocycles. The van der Waals surface area contributed by atoms with Crippen molar-refractivity contribution in [3.8, 4) is 6.19 Å². The molecule has 0 amide bonds. The normalized spacial score (nSPS) is 6.56. The van der Waals surface area contributed by atoms with Crippen LogP contribution >= 0.6 is 0 Å². The molecule has 0 aromatic carbocycles. The summed E-state index contributed by atoms with van der Waals surface area (Å²) in [5.74, 6) is 0. The summed E-state index contributed by atoms with van der Waals surface area (Å²) in [4.78, 5) is 1.61. The molecular weight excluding hydrogens is 112 g/mol. The summed E-state index contributed by atoms with van der Waals surface area (Å²) >= 11 is 0. The smallest absolute Gasteiger partial charge is 0.179 e. The highest BCUT2D eigenvalue weighted by molar-refractivity contribution is 4.66. The lowest BCUT2D eigenvalue weighted by molar-refractivity contribution is 0.472. The highest BCUT2D eigenvalue weighted by atomic mass is 15.1. The van der Waals surface area contributed by atoms with Crippen molar-refractivity contribution in [3.05, 3.63) is 0 Å². The first-order valence-electron chi connectivity index (χ1n) is 3.42. The van der Waals surface area contributed by atoms with Crippen molar-refractivity contribution in [2.24, 2.45) is 0 Å². The Balaban J connectivity index is 0. The minimum absolute atomic E-state index is 0.872. The molecule has 0 aromatic rings. The topological polar surface area (TPSA) is 27.0 Å². The van der Waals surface area contributed by atoms with E-state index in [1.165, 1.54) is 0 Å². The molecule has 0 saturated carbocycles. The summed E-state index contributed by atoms with van der Waals surface area (Å²) in [6.07, 6.45) is 3.04. The van der Waals surface area contributed by atoms with Crippen LogP contribution in [0.5, 0.6) is 0 Å². The Morgan fingerprint density at radius 3 is 2.00 bits per heavy atom. The highest BCUT2D eigenvalue weighted by Crippen LogP contribution is 1.79. The first kappa shape index (κ1) is 11.1. The first-order chi connectivity index (χ1) is 4.31. The molecular formula is C7H16N2. The molecule has 0 rings (SSSR count). The molecule has 54 valence electrons. The molecule has 0 saturated heterocycles. The Morgan fingerprint density at radius 1 is 1.44 bits per heavy atom. The molecule has 2 heteroatoms. The van der Waals surface area contributed by atoms with Crippen LogP contribution in [0.1, 0.15) is 27.2 Å². The van der Waals surface area contributed by atoms with Gasteiger partial charge in [-0.1, -0.05) is 20.8 Å². The van der Waals surface area contributed by atoms with E-state index in [-0.39, 0.29) is 0 Å². The second-order valence-electron chi connectivity index (χ2n) is 1.52. The van der Waals surface area contributed by atoms with Crippen molar-refractivity contribution in [3.63, 3.8) is 0 Å². The van der Waals surface area contributed by atoms with Crippen molar-refractivity contribution in [1.82, 2.24) is 4.90 Å². The van der Waals surface area contributed by atoms with E-state index in [2.05, 4.69) is 0 Å². The average molecular weight is 128 g/mol. The number of hydrogen-bond donors (Lipinski definition) is 0. The number of hydrogen-bond acceptors (Lipinski definition) is 2. The van der Waals surface area contributed by atoms with Crippen molar-refractivity contribution in [1.29, 1.82) is 5.26 Å². The lowest BCUT2D eigenvalue weighted by atomic mass is 10.5. The van der Waals surface area contributed by atoms with Crippen LogP contribution in [-0.2, 0) is 0 Å². The van der Waals surface area contributed by atoms with Gasteiger partial charge in [0.2, 0.25) is 0 Å². The highest BCUT2D eigenvalue weighted by Gasteiger charge is 1.84. The van der Waals surface area contributed by atoms with Crippen molar-refractivity contribution < 1.29 is 0 Å². The second kappa shape index (κ2) is 10.3. The molecule has 0 atom stereocenters. The molecule has 0 radical (unpaired) electrons. The average Bonchev–Trinajstić information content (AvgIpc) is 1.93. The Hall–Kier alpha value is -0.710. The van der Waals surface area contributed by atoms with Gasteiger partial charge in [0.15, 0.2) is 6.19 Å². The largest absolute Gasteiger partial charge is 0.314 e. The zero-order valence-electron chi connectivity index (χ0n) is 6.81. The fourth-order valence-corrected chi connectivity index (χ4v) is 0.385. The van der Waals surface area contributed by atoms with Crippen LogP contribution in [0.3, 0.4) is 0 Å². The van der Waals surface area contributed by atoms with E-state index in [1.54, 1.807) is 11.9 Å². The molecule has 0 heterocycles. The molecule has 0 fully saturated rings. The van der Waals surface area contributed by atoms with Gasteiger partial charge in [-0.05, 0) is 6.42 Å². The number of nitrogens with zero attached hydrogens (tertiary/aromatic N) is 2. The summed E-state index contributed by atoms with van der Waals surface area (Å²) in [6, 6.07) is 0. The van der Waals surface area contributed by atoms with E-state index in [0.717, 1.165) is 13.0 Å². The third-order valence-electron chi connectivity index (χ3n) is 0.730. The molecule has 0 aromatic heterocycles. The molecule has 0 unspecified atom stereocenters. The van der Waals surface area contributed by atoms with E-state index in [0.29, 0.717) is 0 Å². The molecule has 0 aliphatic rings. The molecule has 0 spiro atoms. The first-order valence-corrected chi connectivity index (χ1v) is 3.42. The van der Waals surface area contributed by atoms with E-state index in [9.17, 15) is 0 Å².